The van der Waals surface area contributed by atoms with E-state index in [4.69, 9.17) is 5.73 Å². The summed E-state index contributed by atoms with van der Waals surface area (Å²) in [4.78, 5) is 4.31. The van der Waals surface area contributed by atoms with E-state index < -0.39 is 11.6 Å². The van der Waals surface area contributed by atoms with Gasteiger partial charge in [-0.15, -0.1) is 0 Å². The molecule has 4 nitrogen and oxygen atoms in total. The number of pyridine rings is 1. The third kappa shape index (κ3) is 2.24. The number of nitrogens with two attached hydrogens (primary N) is 1. The summed E-state index contributed by atoms with van der Waals surface area (Å²) >= 11 is 0. The first-order valence-electron chi connectivity index (χ1n) is 5.66. The van der Waals surface area contributed by atoms with Gasteiger partial charge in [-0.2, -0.15) is 5.10 Å². The second-order valence-electron chi connectivity index (χ2n) is 4.26. The number of benzene rings is 1. The number of nitrogen functional groups attached to an aromatic ring is 1. The summed E-state index contributed by atoms with van der Waals surface area (Å²) in [6.45, 7) is 0. The van der Waals surface area contributed by atoms with Gasteiger partial charge in [-0.25, -0.2) is 13.8 Å². The lowest BCUT2D eigenvalue weighted by Crippen LogP contribution is -1.94. The van der Waals surface area contributed by atoms with Crippen LogP contribution in [0.4, 0.5) is 14.6 Å². The van der Waals surface area contributed by atoms with Crippen LogP contribution in [0.25, 0.3) is 11.0 Å². The van der Waals surface area contributed by atoms with E-state index in [1.54, 1.807) is 12.1 Å². The number of nitrogens with one attached hydrogen (secondary N) is 1. The molecule has 96 valence electrons. The Bertz CT molecular complexity index is 731. The number of fused-ring (bicyclic) bond motifs is 1. The van der Waals surface area contributed by atoms with Crippen molar-refractivity contribution >= 4 is 16.9 Å². The lowest BCUT2D eigenvalue weighted by Gasteiger charge is -2.02. The Morgan fingerprint density at radius 2 is 1.84 bits per heavy atom. The number of rotatable bonds is 2. The maximum absolute atomic E-state index is 13.1. The van der Waals surface area contributed by atoms with Gasteiger partial charge in [0.05, 0.1) is 5.39 Å². The Labute approximate surface area is 107 Å². The molecule has 0 unspecified atom stereocenters. The third-order valence-electron chi connectivity index (χ3n) is 2.82. The molecule has 0 radical (unpaired) electrons. The van der Waals surface area contributed by atoms with Crippen molar-refractivity contribution in [2.45, 2.75) is 6.42 Å². The van der Waals surface area contributed by atoms with E-state index in [9.17, 15) is 8.78 Å². The summed E-state index contributed by atoms with van der Waals surface area (Å²) < 4.78 is 26.2. The van der Waals surface area contributed by atoms with Crippen LogP contribution in [0.15, 0.2) is 30.3 Å². The summed E-state index contributed by atoms with van der Waals surface area (Å²) in [5.74, 6) is -0.811. The van der Waals surface area contributed by atoms with Crippen molar-refractivity contribution in [2.24, 2.45) is 0 Å². The van der Waals surface area contributed by atoms with E-state index in [1.807, 2.05) is 0 Å². The van der Waals surface area contributed by atoms with Crippen LogP contribution in [0.1, 0.15) is 11.3 Å². The van der Waals surface area contributed by atoms with Crippen molar-refractivity contribution in [3.05, 3.63) is 53.2 Å². The summed E-state index contributed by atoms with van der Waals surface area (Å²) in [6, 6.07) is 6.96. The Hall–Kier alpha value is -2.50. The van der Waals surface area contributed by atoms with Crippen LogP contribution in [0.2, 0.25) is 0 Å². The molecule has 0 fully saturated rings. The molecule has 0 aliphatic rings. The van der Waals surface area contributed by atoms with Gasteiger partial charge in [-0.3, -0.25) is 5.10 Å². The Morgan fingerprint density at radius 1 is 1.11 bits per heavy atom. The fourth-order valence-corrected chi connectivity index (χ4v) is 1.99. The third-order valence-corrected chi connectivity index (χ3v) is 2.82. The van der Waals surface area contributed by atoms with Crippen molar-refractivity contribution in [1.29, 1.82) is 0 Å². The van der Waals surface area contributed by atoms with E-state index in [0.717, 1.165) is 11.5 Å². The minimum absolute atomic E-state index is 0.337. The highest BCUT2D eigenvalue weighted by Crippen LogP contribution is 2.18. The van der Waals surface area contributed by atoms with Crippen LogP contribution in [-0.4, -0.2) is 15.2 Å². The molecule has 3 rings (SSSR count). The summed E-state index contributed by atoms with van der Waals surface area (Å²) in [5, 5.41) is 7.28. The molecular formula is C13H10F2N4. The summed E-state index contributed by atoms with van der Waals surface area (Å²) in [6.07, 6.45) is 0.337. The molecule has 0 aliphatic carbocycles. The van der Waals surface area contributed by atoms with Gasteiger partial charge in [0, 0.05) is 18.2 Å². The zero-order chi connectivity index (χ0) is 13.4. The quantitative estimate of drug-likeness (QED) is 0.743. The topological polar surface area (TPSA) is 67.6 Å². The average Bonchev–Trinajstić information content (AvgIpc) is 2.69. The molecule has 19 heavy (non-hydrogen) atoms. The largest absolute Gasteiger partial charge is 0.382 e. The van der Waals surface area contributed by atoms with Gasteiger partial charge < -0.3 is 5.73 Å². The van der Waals surface area contributed by atoms with Gasteiger partial charge in [0.1, 0.15) is 11.6 Å². The van der Waals surface area contributed by atoms with Crippen molar-refractivity contribution < 1.29 is 8.78 Å². The number of halogens is 2. The van der Waals surface area contributed by atoms with Crippen LogP contribution in [0.3, 0.4) is 0 Å². The first-order valence-corrected chi connectivity index (χ1v) is 5.66. The number of anilines is 1. The molecule has 3 N–H and O–H groups in total. The smallest absolute Gasteiger partial charge is 0.157 e. The fourth-order valence-electron chi connectivity index (χ4n) is 1.99. The van der Waals surface area contributed by atoms with Crippen LogP contribution >= 0.6 is 0 Å². The van der Waals surface area contributed by atoms with Gasteiger partial charge in [-0.1, -0.05) is 0 Å². The molecule has 6 heteroatoms. The molecule has 0 saturated carbocycles. The highest BCUT2D eigenvalue weighted by molar-refractivity contribution is 5.85. The van der Waals surface area contributed by atoms with E-state index in [1.165, 1.54) is 12.1 Å². The maximum Gasteiger partial charge on any atom is 0.157 e. The molecule has 3 aromatic rings. The zero-order valence-corrected chi connectivity index (χ0v) is 9.82. The molecule has 0 saturated heterocycles. The van der Waals surface area contributed by atoms with Crippen LogP contribution in [0, 0.1) is 11.6 Å². The molecule has 0 atom stereocenters. The molecule has 2 aromatic heterocycles. The monoisotopic (exact) mass is 260 g/mol. The lowest BCUT2D eigenvalue weighted by molar-refractivity contribution is 0.580. The van der Waals surface area contributed by atoms with E-state index in [2.05, 4.69) is 15.2 Å². The minimum atomic E-state index is -0.595. The number of hydrogen-bond donors (Lipinski definition) is 2. The molecule has 2 heterocycles. The van der Waals surface area contributed by atoms with E-state index >= 15 is 0 Å². The maximum atomic E-state index is 13.1. The number of hydrogen-bond acceptors (Lipinski definition) is 3. The molecule has 0 amide bonds. The normalized spacial score (nSPS) is 11.1. The van der Waals surface area contributed by atoms with Crippen molar-refractivity contribution in [3.63, 3.8) is 0 Å². The van der Waals surface area contributed by atoms with Crippen LogP contribution < -0.4 is 5.73 Å². The first-order chi connectivity index (χ1) is 9.11. The number of aromatic amines is 1. The van der Waals surface area contributed by atoms with Gasteiger partial charge in [-0.05, 0) is 29.8 Å². The highest BCUT2D eigenvalue weighted by Gasteiger charge is 2.06. The predicted octanol–water partition coefficient (Wildman–Crippen LogP) is 2.41. The Balaban J connectivity index is 1.96. The fraction of sp³-hybridized carbons (Fsp3) is 0.0769. The van der Waals surface area contributed by atoms with Gasteiger partial charge >= 0.3 is 0 Å². The Morgan fingerprint density at radius 3 is 2.58 bits per heavy atom. The molecule has 0 bridgehead atoms. The molecular weight excluding hydrogens is 250 g/mol. The van der Waals surface area contributed by atoms with Crippen molar-refractivity contribution in [3.8, 4) is 0 Å². The highest BCUT2D eigenvalue weighted by atomic mass is 19.1. The van der Waals surface area contributed by atoms with Crippen LogP contribution in [0.5, 0.6) is 0 Å². The van der Waals surface area contributed by atoms with Crippen molar-refractivity contribution in [1.82, 2.24) is 15.2 Å². The minimum Gasteiger partial charge on any atom is -0.382 e. The predicted molar refractivity (Wildman–Crippen MR) is 67.5 cm³/mol. The number of H-pyrrole nitrogens is 1. The second-order valence-corrected chi connectivity index (χ2v) is 4.26. The molecule has 1 aromatic carbocycles. The number of aromatic nitrogens is 3. The van der Waals surface area contributed by atoms with Gasteiger partial charge in [0.15, 0.2) is 11.5 Å². The van der Waals surface area contributed by atoms with Crippen molar-refractivity contribution in [2.75, 3.05) is 5.73 Å². The summed E-state index contributed by atoms with van der Waals surface area (Å²) in [5.41, 5.74) is 7.41. The summed E-state index contributed by atoms with van der Waals surface area (Å²) in [7, 11) is 0. The SMILES string of the molecule is Nc1n[nH]c2nc(Cc3cc(F)cc(F)c3)ccc12. The van der Waals surface area contributed by atoms with Gasteiger partial charge in [0.2, 0.25) is 0 Å². The Kier molecular flexibility index (Phi) is 2.63. The van der Waals surface area contributed by atoms with E-state index in [-0.39, 0.29) is 0 Å². The first kappa shape index (κ1) is 11.6. The lowest BCUT2D eigenvalue weighted by atomic mass is 10.1. The second kappa shape index (κ2) is 4.31. The van der Waals surface area contributed by atoms with Crippen LogP contribution in [-0.2, 0) is 6.42 Å². The van der Waals surface area contributed by atoms with E-state index in [0.29, 0.717) is 29.1 Å². The number of nitrogens with zero attached hydrogens (tertiary/aromatic N) is 2. The standard InChI is InChI=1S/C13H10F2N4/c14-8-3-7(4-9(15)6-8)5-10-1-2-11-12(16)18-19-13(11)17-10/h1-4,6H,5H2,(H3,16,17,18,19). The van der Waals surface area contributed by atoms with Gasteiger partial charge in [0.25, 0.3) is 0 Å². The molecule has 0 spiro atoms. The zero-order valence-electron chi connectivity index (χ0n) is 9.82. The molecule has 0 aliphatic heterocycles. The average molecular weight is 260 g/mol.